The molecule has 31 heavy (non-hydrogen) atoms. The summed E-state index contributed by atoms with van der Waals surface area (Å²) in [7, 11) is 0. The number of phenolic OH excluding ortho intramolecular Hbond substituents is 1. The van der Waals surface area contributed by atoms with Crippen LogP contribution >= 0.6 is 0 Å². The van der Waals surface area contributed by atoms with Crippen molar-refractivity contribution in [3.8, 4) is 11.5 Å². The van der Waals surface area contributed by atoms with E-state index in [0.717, 1.165) is 4.90 Å². The highest BCUT2D eigenvalue weighted by Gasteiger charge is 2.37. The van der Waals surface area contributed by atoms with E-state index in [2.05, 4.69) is 0 Å². The van der Waals surface area contributed by atoms with Gasteiger partial charge in [0.05, 0.1) is 11.1 Å². The van der Waals surface area contributed by atoms with Gasteiger partial charge < -0.3 is 14.6 Å². The standard InChI is InChI=1S/C23H23NO7/c1-23(2,3)20(27)14-4-7-16(8-5-14)30-10-11-31-19(26)13-24-21(28)17-9-6-15(25)12-18(17)22(24)29/h4-9,12,25H,10-11,13H2,1-3H3. The van der Waals surface area contributed by atoms with Gasteiger partial charge in [-0.1, -0.05) is 20.8 Å². The van der Waals surface area contributed by atoms with Crippen molar-refractivity contribution in [1.29, 1.82) is 0 Å². The van der Waals surface area contributed by atoms with Crippen molar-refractivity contribution in [1.82, 2.24) is 4.90 Å². The zero-order valence-corrected chi connectivity index (χ0v) is 17.5. The maximum atomic E-state index is 12.3. The van der Waals surface area contributed by atoms with Crippen LogP contribution in [-0.4, -0.2) is 53.3 Å². The van der Waals surface area contributed by atoms with E-state index in [-0.39, 0.29) is 35.9 Å². The van der Waals surface area contributed by atoms with Gasteiger partial charge in [-0.05, 0) is 42.5 Å². The maximum Gasteiger partial charge on any atom is 0.326 e. The minimum atomic E-state index is -0.756. The lowest BCUT2D eigenvalue weighted by Gasteiger charge is -2.16. The fourth-order valence-electron chi connectivity index (χ4n) is 3.05. The van der Waals surface area contributed by atoms with E-state index >= 15 is 0 Å². The van der Waals surface area contributed by atoms with Crippen molar-refractivity contribution >= 4 is 23.6 Å². The number of benzene rings is 2. The molecule has 0 aromatic heterocycles. The number of imide groups is 1. The van der Waals surface area contributed by atoms with E-state index in [1.54, 1.807) is 24.3 Å². The Kier molecular flexibility index (Phi) is 6.10. The van der Waals surface area contributed by atoms with Crippen LogP contribution in [0, 0.1) is 5.41 Å². The Labute approximate surface area is 179 Å². The van der Waals surface area contributed by atoms with Crippen molar-refractivity contribution in [3.05, 3.63) is 59.2 Å². The average Bonchev–Trinajstić information content (AvgIpc) is 2.94. The van der Waals surface area contributed by atoms with Crippen molar-refractivity contribution < 1.29 is 33.8 Å². The van der Waals surface area contributed by atoms with Crippen LogP contribution in [0.1, 0.15) is 51.8 Å². The fourth-order valence-corrected chi connectivity index (χ4v) is 3.05. The summed E-state index contributed by atoms with van der Waals surface area (Å²) < 4.78 is 10.5. The second-order valence-corrected chi connectivity index (χ2v) is 8.10. The molecule has 162 valence electrons. The van der Waals surface area contributed by atoms with Crippen molar-refractivity contribution in [2.75, 3.05) is 19.8 Å². The zero-order valence-electron chi connectivity index (χ0n) is 17.5. The third kappa shape index (κ3) is 4.91. The summed E-state index contributed by atoms with van der Waals surface area (Å²) in [4.78, 5) is 49.6. The Hall–Kier alpha value is -3.68. The summed E-state index contributed by atoms with van der Waals surface area (Å²) in [5.74, 6) is -1.63. The molecule has 1 aliphatic rings. The molecule has 1 heterocycles. The average molecular weight is 425 g/mol. The lowest BCUT2D eigenvalue weighted by atomic mass is 9.86. The second kappa shape index (κ2) is 8.59. The highest BCUT2D eigenvalue weighted by atomic mass is 16.6. The molecule has 0 aliphatic carbocycles. The fraction of sp³-hybridized carbons (Fsp3) is 0.304. The van der Waals surface area contributed by atoms with Gasteiger partial charge in [0.1, 0.15) is 31.3 Å². The zero-order chi connectivity index (χ0) is 22.8. The van der Waals surface area contributed by atoms with E-state index in [1.165, 1.54) is 18.2 Å². The monoisotopic (exact) mass is 425 g/mol. The molecule has 0 fully saturated rings. The predicted molar refractivity (Wildman–Crippen MR) is 110 cm³/mol. The Morgan fingerprint density at radius 2 is 1.58 bits per heavy atom. The molecule has 0 bridgehead atoms. The molecule has 3 rings (SSSR count). The Balaban J connectivity index is 1.46. The van der Waals surface area contributed by atoms with E-state index in [1.807, 2.05) is 20.8 Å². The molecule has 2 amide bonds. The molecule has 8 heteroatoms. The molecule has 0 atom stereocenters. The van der Waals surface area contributed by atoms with Crippen molar-refractivity contribution in [2.24, 2.45) is 5.41 Å². The summed E-state index contributed by atoms with van der Waals surface area (Å²) in [5, 5.41) is 9.48. The topological polar surface area (TPSA) is 110 Å². The van der Waals surface area contributed by atoms with Gasteiger partial charge in [0.25, 0.3) is 11.8 Å². The first-order valence-electron chi connectivity index (χ1n) is 9.70. The van der Waals surface area contributed by atoms with Crippen LogP contribution in [0.25, 0.3) is 0 Å². The quantitative estimate of drug-likeness (QED) is 0.314. The van der Waals surface area contributed by atoms with Gasteiger partial charge in [-0.25, -0.2) is 0 Å². The number of amides is 2. The van der Waals surface area contributed by atoms with E-state index < -0.39 is 29.7 Å². The van der Waals surface area contributed by atoms with Crippen molar-refractivity contribution in [2.45, 2.75) is 20.8 Å². The summed E-state index contributed by atoms with van der Waals surface area (Å²) in [6, 6.07) is 10.5. The molecule has 0 radical (unpaired) electrons. The van der Waals surface area contributed by atoms with Gasteiger partial charge in [0.2, 0.25) is 0 Å². The molecular formula is C23H23NO7. The number of hydrogen-bond acceptors (Lipinski definition) is 7. The smallest absolute Gasteiger partial charge is 0.326 e. The molecule has 0 saturated heterocycles. The number of ketones is 1. The van der Waals surface area contributed by atoms with Gasteiger partial charge in [-0.3, -0.25) is 24.1 Å². The largest absolute Gasteiger partial charge is 0.508 e. The Bertz CT molecular complexity index is 1030. The molecule has 2 aromatic rings. The minimum Gasteiger partial charge on any atom is -0.508 e. The molecule has 0 unspecified atom stereocenters. The lowest BCUT2D eigenvalue weighted by Crippen LogP contribution is -2.36. The van der Waals surface area contributed by atoms with E-state index in [4.69, 9.17) is 9.47 Å². The number of Topliss-reactive ketones (excluding diaryl/α,β-unsaturated/α-hetero) is 1. The van der Waals surface area contributed by atoms with Crippen LogP contribution in [0.3, 0.4) is 0 Å². The first kappa shape index (κ1) is 22.0. The number of carbonyl (C=O) groups is 4. The number of esters is 1. The van der Waals surface area contributed by atoms with Crippen molar-refractivity contribution in [3.63, 3.8) is 0 Å². The number of ether oxygens (including phenoxy) is 2. The maximum absolute atomic E-state index is 12.3. The van der Waals surface area contributed by atoms with E-state index in [9.17, 15) is 24.3 Å². The Morgan fingerprint density at radius 1 is 0.935 bits per heavy atom. The van der Waals surface area contributed by atoms with Crippen LogP contribution in [0.2, 0.25) is 0 Å². The number of fused-ring (bicyclic) bond motifs is 1. The second-order valence-electron chi connectivity index (χ2n) is 8.10. The van der Waals surface area contributed by atoms with Gasteiger partial charge in [-0.15, -0.1) is 0 Å². The Morgan fingerprint density at radius 3 is 2.23 bits per heavy atom. The molecule has 8 nitrogen and oxygen atoms in total. The van der Waals surface area contributed by atoms with Gasteiger partial charge >= 0.3 is 5.97 Å². The highest BCUT2D eigenvalue weighted by molar-refractivity contribution is 6.22. The summed E-state index contributed by atoms with van der Waals surface area (Å²) >= 11 is 0. The molecule has 1 aliphatic heterocycles. The lowest BCUT2D eigenvalue weighted by molar-refractivity contribution is -0.144. The summed E-state index contributed by atoms with van der Waals surface area (Å²) in [6.07, 6.45) is 0. The first-order valence-corrected chi connectivity index (χ1v) is 9.70. The van der Waals surface area contributed by atoms with Gasteiger partial charge in [0, 0.05) is 11.0 Å². The first-order chi connectivity index (χ1) is 14.6. The van der Waals surface area contributed by atoms with E-state index in [0.29, 0.717) is 11.3 Å². The molecule has 2 aromatic carbocycles. The SMILES string of the molecule is CC(C)(C)C(=O)c1ccc(OCCOC(=O)CN2C(=O)c3ccc(O)cc3C2=O)cc1. The number of hydrogen-bond donors (Lipinski definition) is 1. The highest BCUT2D eigenvalue weighted by Crippen LogP contribution is 2.26. The van der Waals surface area contributed by atoms with Crippen LogP contribution in [0.5, 0.6) is 11.5 Å². The van der Waals surface area contributed by atoms with Crippen LogP contribution in [0.15, 0.2) is 42.5 Å². The van der Waals surface area contributed by atoms with Crippen LogP contribution in [0.4, 0.5) is 0 Å². The minimum absolute atomic E-state index is 0.0244. The number of carbonyl (C=O) groups excluding carboxylic acids is 4. The number of aromatic hydroxyl groups is 1. The third-order valence-corrected chi connectivity index (χ3v) is 4.65. The molecule has 1 N–H and O–H groups in total. The van der Waals surface area contributed by atoms with Crippen LogP contribution < -0.4 is 4.74 Å². The number of phenols is 1. The normalized spacial score (nSPS) is 13.2. The number of nitrogens with zero attached hydrogens (tertiary/aromatic N) is 1. The molecule has 0 saturated carbocycles. The predicted octanol–water partition coefficient (Wildman–Crippen LogP) is 2.84. The van der Waals surface area contributed by atoms with Crippen LogP contribution in [-0.2, 0) is 9.53 Å². The molecule has 0 spiro atoms. The van der Waals surface area contributed by atoms with Gasteiger partial charge in [-0.2, -0.15) is 0 Å². The third-order valence-electron chi connectivity index (χ3n) is 4.65. The number of rotatable bonds is 7. The molecular weight excluding hydrogens is 402 g/mol. The van der Waals surface area contributed by atoms with Gasteiger partial charge in [0.15, 0.2) is 5.78 Å². The summed E-state index contributed by atoms with van der Waals surface area (Å²) in [6.45, 7) is 5.00. The summed E-state index contributed by atoms with van der Waals surface area (Å²) in [5.41, 5.74) is 0.290.